The van der Waals surface area contributed by atoms with E-state index in [0.717, 1.165) is 29.0 Å². The number of halogens is 3. The van der Waals surface area contributed by atoms with Crippen LogP contribution >= 0.6 is 11.6 Å². The Balaban J connectivity index is 1.43. The molecule has 1 fully saturated rings. The third-order valence-electron chi connectivity index (χ3n) is 6.06. The van der Waals surface area contributed by atoms with Gasteiger partial charge in [-0.2, -0.15) is 4.31 Å². The molecule has 36 heavy (non-hydrogen) atoms. The summed E-state index contributed by atoms with van der Waals surface area (Å²) in [4.78, 5) is 1.73. The summed E-state index contributed by atoms with van der Waals surface area (Å²) in [6.07, 6.45) is -0.283. The average Bonchev–Trinajstić information content (AvgIpc) is 2.87. The molecule has 0 saturated carbocycles. The summed E-state index contributed by atoms with van der Waals surface area (Å²) >= 11 is 6.07. The van der Waals surface area contributed by atoms with Crippen molar-refractivity contribution in [2.45, 2.75) is 17.6 Å². The van der Waals surface area contributed by atoms with Crippen molar-refractivity contribution in [3.8, 4) is 5.75 Å². The first-order chi connectivity index (χ1) is 17.2. The minimum atomic E-state index is -4.00. The van der Waals surface area contributed by atoms with Crippen LogP contribution in [0, 0.1) is 11.6 Å². The highest BCUT2D eigenvalue weighted by Crippen LogP contribution is 2.25. The van der Waals surface area contributed by atoms with E-state index in [2.05, 4.69) is 4.90 Å². The Bertz CT molecular complexity index is 1260. The van der Waals surface area contributed by atoms with E-state index in [1.165, 1.54) is 4.31 Å². The van der Waals surface area contributed by atoms with E-state index < -0.39 is 21.7 Å². The third kappa shape index (κ3) is 6.60. The third-order valence-corrected chi connectivity index (χ3v) is 8.18. The van der Waals surface area contributed by atoms with Gasteiger partial charge in [-0.05, 0) is 47.5 Å². The second-order valence-corrected chi connectivity index (χ2v) is 10.9. The molecule has 0 N–H and O–H groups in total. The molecule has 0 radical (unpaired) electrons. The number of rotatable bonds is 9. The number of methoxy groups -OCH3 is 1. The lowest BCUT2D eigenvalue weighted by molar-refractivity contribution is 0.00767. The molecule has 0 aromatic heterocycles. The first-order valence-electron chi connectivity index (χ1n) is 11.4. The summed E-state index contributed by atoms with van der Waals surface area (Å²) in [5, 5.41) is 0.623. The highest BCUT2D eigenvalue weighted by atomic mass is 35.5. The van der Waals surface area contributed by atoms with E-state index in [0.29, 0.717) is 37.3 Å². The van der Waals surface area contributed by atoms with Crippen LogP contribution in [0.15, 0.2) is 71.6 Å². The molecule has 1 aliphatic heterocycles. The number of benzene rings is 3. The molecule has 0 unspecified atom stereocenters. The molecule has 1 atom stereocenters. The molecular weight excluding hydrogens is 510 g/mol. The van der Waals surface area contributed by atoms with Crippen LogP contribution in [0.5, 0.6) is 5.75 Å². The first-order valence-corrected chi connectivity index (χ1v) is 13.2. The summed E-state index contributed by atoms with van der Waals surface area (Å²) in [6.45, 7) is 2.19. The summed E-state index contributed by atoms with van der Waals surface area (Å²) in [7, 11) is -2.39. The molecule has 1 aliphatic rings. The summed E-state index contributed by atoms with van der Waals surface area (Å²) in [5.41, 5.74) is 1.92. The maximum atomic E-state index is 13.6. The van der Waals surface area contributed by atoms with Crippen molar-refractivity contribution in [2.24, 2.45) is 0 Å². The lowest BCUT2D eigenvalue weighted by Crippen LogP contribution is -2.49. The van der Waals surface area contributed by atoms with Crippen LogP contribution in [0.25, 0.3) is 0 Å². The number of nitrogens with zero attached hydrogens (tertiary/aromatic N) is 2. The fraction of sp³-hybridized carbons (Fsp3) is 0.308. The van der Waals surface area contributed by atoms with Gasteiger partial charge < -0.3 is 9.47 Å². The molecule has 6 nitrogen and oxygen atoms in total. The van der Waals surface area contributed by atoms with Gasteiger partial charge in [0.15, 0.2) is 0 Å². The average molecular weight is 537 g/mol. The molecule has 1 saturated heterocycles. The van der Waals surface area contributed by atoms with Gasteiger partial charge in [0.05, 0.1) is 24.7 Å². The van der Waals surface area contributed by atoms with E-state index in [-0.39, 0.29) is 24.1 Å². The molecule has 0 amide bonds. The van der Waals surface area contributed by atoms with Crippen molar-refractivity contribution in [1.82, 2.24) is 9.21 Å². The van der Waals surface area contributed by atoms with Crippen LogP contribution in [0.1, 0.15) is 17.2 Å². The molecular formula is C26H27ClF2N2O4S. The highest BCUT2D eigenvalue weighted by Gasteiger charge is 2.30. The number of piperazine rings is 1. The van der Waals surface area contributed by atoms with Crippen LogP contribution in [0.3, 0.4) is 0 Å². The Morgan fingerprint density at radius 3 is 2.25 bits per heavy atom. The molecule has 0 spiro atoms. The van der Waals surface area contributed by atoms with Crippen molar-refractivity contribution in [2.75, 3.05) is 39.8 Å². The first kappa shape index (κ1) is 26.5. The Labute approximate surface area is 215 Å². The number of hydrogen-bond donors (Lipinski definition) is 0. The maximum absolute atomic E-state index is 13.6. The van der Waals surface area contributed by atoms with Gasteiger partial charge in [-0.25, -0.2) is 17.2 Å². The van der Waals surface area contributed by atoms with Crippen LogP contribution in [-0.4, -0.2) is 57.5 Å². The van der Waals surface area contributed by atoms with Crippen LogP contribution < -0.4 is 4.74 Å². The molecule has 3 aromatic carbocycles. The molecule has 1 heterocycles. The molecule has 0 aliphatic carbocycles. The lowest BCUT2D eigenvalue weighted by atomic mass is 10.1. The lowest BCUT2D eigenvalue weighted by Gasteiger charge is -2.36. The van der Waals surface area contributed by atoms with E-state index in [1.54, 1.807) is 19.2 Å². The normalized spacial score (nSPS) is 16.1. The van der Waals surface area contributed by atoms with Gasteiger partial charge in [-0.3, -0.25) is 4.90 Å². The largest absolute Gasteiger partial charge is 0.497 e. The second-order valence-electron chi connectivity index (χ2n) is 8.51. The molecule has 3 aromatic rings. The van der Waals surface area contributed by atoms with Gasteiger partial charge in [0.25, 0.3) is 0 Å². The SMILES string of the molecule is COc1cccc(CO[C@@H](CN2CCN(S(=O)(=O)c3cc(F)cc(F)c3)CC2)c2ccc(Cl)cc2)c1. The van der Waals surface area contributed by atoms with Gasteiger partial charge >= 0.3 is 0 Å². The van der Waals surface area contributed by atoms with Crippen LogP contribution in [0.4, 0.5) is 8.78 Å². The van der Waals surface area contributed by atoms with Crippen molar-refractivity contribution in [1.29, 1.82) is 0 Å². The Morgan fingerprint density at radius 1 is 0.944 bits per heavy atom. The molecule has 192 valence electrons. The van der Waals surface area contributed by atoms with Gasteiger partial charge in [-0.15, -0.1) is 0 Å². The summed E-state index contributed by atoms with van der Waals surface area (Å²) in [5.74, 6) is -1.10. The van der Waals surface area contributed by atoms with Gasteiger partial charge in [0.1, 0.15) is 17.4 Å². The summed E-state index contributed by atoms with van der Waals surface area (Å²) < 4.78 is 65.8. The van der Waals surface area contributed by atoms with Crippen molar-refractivity contribution in [3.63, 3.8) is 0 Å². The predicted octanol–water partition coefficient (Wildman–Crippen LogP) is 4.89. The van der Waals surface area contributed by atoms with Gasteiger partial charge in [0, 0.05) is 43.8 Å². The van der Waals surface area contributed by atoms with Crippen molar-refractivity contribution >= 4 is 21.6 Å². The van der Waals surface area contributed by atoms with E-state index >= 15 is 0 Å². The fourth-order valence-corrected chi connectivity index (χ4v) is 5.70. The monoisotopic (exact) mass is 536 g/mol. The fourth-order valence-electron chi connectivity index (χ4n) is 4.10. The van der Waals surface area contributed by atoms with Crippen LogP contribution in [0.2, 0.25) is 5.02 Å². The van der Waals surface area contributed by atoms with Crippen LogP contribution in [-0.2, 0) is 21.4 Å². The predicted molar refractivity (Wildman–Crippen MR) is 134 cm³/mol. The summed E-state index contributed by atoms with van der Waals surface area (Å²) in [6, 6.07) is 17.4. The smallest absolute Gasteiger partial charge is 0.243 e. The zero-order chi connectivity index (χ0) is 25.7. The number of sulfonamides is 1. The molecule has 0 bridgehead atoms. The van der Waals surface area contributed by atoms with E-state index in [9.17, 15) is 17.2 Å². The minimum Gasteiger partial charge on any atom is -0.497 e. The zero-order valence-electron chi connectivity index (χ0n) is 19.7. The topological polar surface area (TPSA) is 59.1 Å². The van der Waals surface area contributed by atoms with E-state index in [1.807, 2.05) is 36.4 Å². The minimum absolute atomic E-state index is 0.198. The standard InChI is InChI=1S/C26H27ClF2N2O4S/c1-34-24-4-2-3-19(13-24)18-35-26(20-5-7-21(27)8-6-20)17-30-9-11-31(12-10-30)36(32,33)25-15-22(28)14-23(29)16-25/h2-8,13-16,26H,9-12,17-18H2,1H3/t26-/m0/s1. The van der Waals surface area contributed by atoms with Crippen molar-refractivity contribution in [3.05, 3.63) is 94.5 Å². The highest BCUT2D eigenvalue weighted by molar-refractivity contribution is 7.89. The van der Waals surface area contributed by atoms with E-state index in [4.69, 9.17) is 21.1 Å². The Hall–Kier alpha value is -2.56. The van der Waals surface area contributed by atoms with Gasteiger partial charge in [-0.1, -0.05) is 35.9 Å². The van der Waals surface area contributed by atoms with Crippen molar-refractivity contribution < 1.29 is 26.7 Å². The molecule has 4 rings (SSSR count). The Kier molecular flexibility index (Phi) is 8.58. The second kappa shape index (κ2) is 11.7. The Morgan fingerprint density at radius 2 is 1.61 bits per heavy atom. The molecule has 10 heteroatoms. The maximum Gasteiger partial charge on any atom is 0.243 e. The quantitative estimate of drug-likeness (QED) is 0.390. The van der Waals surface area contributed by atoms with Gasteiger partial charge in [0.2, 0.25) is 10.0 Å². The number of ether oxygens (including phenoxy) is 2. The number of hydrogen-bond acceptors (Lipinski definition) is 5. The zero-order valence-corrected chi connectivity index (χ0v) is 21.3.